The van der Waals surface area contributed by atoms with E-state index < -0.39 is 0 Å². The van der Waals surface area contributed by atoms with E-state index in [1.807, 2.05) is 11.8 Å². The van der Waals surface area contributed by atoms with Crippen molar-refractivity contribution in [3.8, 4) is 0 Å². The minimum absolute atomic E-state index is 0.520. The van der Waals surface area contributed by atoms with Crippen LogP contribution >= 0.6 is 11.8 Å². The van der Waals surface area contributed by atoms with Gasteiger partial charge in [-0.25, -0.2) is 0 Å². The van der Waals surface area contributed by atoms with Gasteiger partial charge in [-0.1, -0.05) is 18.9 Å². The molecule has 0 fully saturated rings. The molecule has 0 saturated heterocycles. The lowest BCUT2D eigenvalue weighted by Crippen LogP contribution is -2.13. The van der Waals surface area contributed by atoms with Gasteiger partial charge in [-0.2, -0.15) is 11.8 Å². The summed E-state index contributed by atoms with van der Waals surface area (Å²) in [5, 5.41) is 14.9. The summed E-state index contributed by atoms with van der Waals surface area (Å²) in [7, 11) is 0. The van der Waals surface area contributed by atoms with Crippen molar-refractivity contribution in [1.29, 1.82) is 0 Å². The van der Waals surface area contributed by atoms with Crippen LogP contribution in [0.5, 0.6) is 0 Å². The molecule has 0 amide bonds. The summed E-state index contributed by atoms with van der Waals surface area (Å²) in [5.74, 6) is 0.638. The van der Waals surface area contributed by atoms with E-state index in [1.165, 1.54) is 0 Å². The molecular weight excluding hydrogens is 236 g/mol. The third kappa shape index (κ3) is 5.93. The number of nitrogens with zero attached hydrogens (tertiary/aromatic N) is 2. The van der Waals surface area contributed by atoms with Gasteiger partial charge in [0.15, 0.2) is 0 Å². The van der Waals surface area contributed by atoms with Crippen molar-refractivity contribution >= 4 is 17.8 Å². The highest BCUT2D eigenvalue weighted by Gasteiger charge is 2.05. The third-order valence-corrected chi connectivity index (χ3v) is 3.44. The van der Waals surface area contributed by atoms with Crippen LogP contribution in [0.15, 0.2) is 4.42 Å². The summed E-state index contributed by atoms with van der Waals surface area (Å²) >= 11 is 1.86. The lowest BCUT2D eigenvalue weighted by molar-refractivity contribution is 0.476. The first-order chi connectivity index (χ1) is 8.26. The molecule has 0 saturated carbocycles. The standard InChI is InChI=1S/C11H22N4OS/c1-4-6-12-8-10-14-15-11(16-10)13-7-5-9(2)17-3/h9,12H,4-8H2,1-3H3,(H,13,15). The van der Waals surface area contributed by atoms with Gasteiger partial charge < -0.3 is 15.1 Å². The first-order valence-electron chi connectivity index (χ1n) is 6.06. The predicted molar refractivity (Wildman–Crippen MR) is 72.4 cm³/mol. The molecule has 0 aromatic carbocycles. The predicted octanol–water partition coefficient (Wildman–Crippen LogP) is 2.12. The van der Waals surface area contributed by atoms with E-state index in [2.05, 4.69) is 40.9 Å². The number of thioether (sulfide) groups is 1. The topological polar surface area (TPSA) is 63.0 Å². The highest BCUT2D eigenvalue weighted by atomic mass is 32.2. The van der Waals surface area contributed by atoms with Gasteiger partial charge in [-0.3, -0.25) is 0 Å². The molecular formula is C11H22N4OS. The molecule has 1 atom stereocenters. The molecule has 5 nitrogen and oxygen atoms in total. The number of anilines is 1. The van der Waals surface area contributed by atoms with Gasteiger partial charge in [0.25, 0.3) is 0 Å². The Bertz CT molecular complexity index is 305. The quantitative estimate of drug-likeness (QED) is 0.662. The van der Waals surface area contributed by atoms with E-state index in [-0.39, 0.29) is 0 Å². The molecule has 6 heteroatoms. The molecule has 1 unspecified atom stereocenters. The molecule has 0 aliphatic carbocycles. The number of rotatable bonds is 9. The van der Waals surface area contributed by atoms with E-state index in [4.69, 9.17) is 4.42 Å². The molecule has 1 rings (SSSR count). The highest BCUT2D eigenvalue weighted by Crippen LogP contribution is 2.10. The van der Waals surface area contributed by atoms with E-state index in [0.29, 0.717) is 23.7 Å². The van der Waals surface area contributed by atoms with E-state index in [1.54, 1.807) is 0 Å². The van der Waals surface area contributed by atoms with Crippen molar-refractivity contribution in [3.05, 3.63) is 5.89 Å². The van der Waals surface area contributed by atoms with Crippen LogP contribution in [0.3, 0.4) is 0 Å². The molecule has 98 valence electrons. The van der Waals surface area contributed by atoms with Crippen molar-refractivity contribution < 1.29 is 4.42 Å². The third-order valence-electron chi connectivity index (χ3n) is 2.40. The Kier molecular flexibility index (Phi) is 7.04. The normalized spacial score (nSPS) is 12.6. The highest BCUT2D eigenvalue weighted by molar-refractivity contribution is 7.99. The molecule has 0 radical (unpaired) electrons. The summed E-state index contributed by atoms with van der Waals surface area (Å²) in [6.45, 7) is 6.81. The van der Waals surface area contributed by atoms with Crippen LogP contribution in [0.2, 0.25) is 0 Å². The van der Waals surface area contributed by atoms with Crippen LogP contribution < -0.4 is 10.6 Å². The van der Waals surface area contributed by atoms with E-state index in [0.717, 1.165) is 25.9 Å². The number of hydrogen-bond acceptors (Lipinski definition) is 6. The fraction of sp³-hybridized carbons (Fsp3) is 0.818. The lowest BCUT2D eigenvalue weighted by Gasteiger charge is -2.06. The molecule has 1 heterocycles. The van der Waals surface area contributed by atoms with Crippen molar-refractivity contribution in [2.45, 2.75) is 38.5 Å². The number of nitrogens with one attached hydrogen (secondary N) is 2. The summed E-state index contributed by atoms with van der Waals surface area (Å²) in [6, 6.07) is 0.520. The maximum Gasteiger partial charge on any atom is 0.315 e. The molecule has 0 aliphatic heterocycles. The zero-order chi connectivity index (χ0) is 12.5. The monoisotopic (exact) mass is 258 g/mol. The SMILES string of the molecule is CCCNCc1nnc(NCCC(C)SC)o1. The fourth-order valence-electron chi connectivity index (χ4n) is 1.27. The fourth-order valence-corrected chi connectivity index (χ4v) is 1.62. The van der Waals surface area contributed by atoms with Crippen molar-refractivity contribution in [2.24, 2.45) is 0 Å². The number of hydrogen-bond donors (Lipinski definition) is 2. The molecule has 1 aromatic rings. The van der Waals surface area contributed by atoms with Crippen molar-refractivity contribution in [3.63, 3.8) is 0 Å². The molecule has 2 N–H and O–H groups in total. The maximum absolute atomic E-state index is 5.44. The Labute approximate surface area is 107 Å². The molecule has 0 aliphatic rings. The van der Waals surface area contributed by atoms with Gasteiger partial charge in [0.2, 0.25) is 5.89 Å². The van der Waals surface area contributed by atoms with Gasteiger partial charge >= 0.3 is 6.01 Å². The Morgan fingerprint density at radius 2 is 2.18 bits per heavy atom. The summed E-state index contributed by atoms with van der Waals surface area (Å²) < 4.78 is 5.44. The van der Waals surface area contributed by atoms with E-state index in [9.17, 15) is 0 Å². The van der Waals surface area contributed by atoms with Crippen LogP contribution in [0.4, 0.5) is 6.01 Å². The Morgan fingerprint density at radius 1 is 1.35 bits per heavy atom. The minimum atomic E-state index is 0.520. The van der Waals surface area contributed by atoms with Gasteiger partial charge in [0.05, 0.1) is 6.54 Å². The second kappa shape index (κ2) is 8.36. The van der Waals surface area contributed by atoms with Crippen molar-refractivity contribution in [1.82, 2.24) is 15.5 Å². The maximum atomic E-state index is 5.44. The minimum Gasteiger partial charge on any atom is -0.407 e. The van der Waals surface area contributed by atoms with Crippen LogP contribution in [0, 0.1) is 0 Å². The second-order valence-electron chi connectivity index (χ2n) is 3.94. The summed E-state index contributed by atoms with van der Waals surface area (Å²) in [5.41, 5.74) is 0. The van der Waals surface area contributed by atoms with Gasteiger partial charge in [-0.05, 0) is 25.6 Å². The largest absolute Gasteiger partial charge is 0.407 e. The zero-order valence-electron chi connectivity index (χ0n) is 10.8. The first kappa shape index (κ1) is 14.3. The van der Waals surface area contributed by atoms with Gasteiger partial charge in [-0.15, -0.1) is 5.10 Å². The average molecular weight is 258 g/mol. The summed E-state index contributed by atoms with van der Waals surface area (Å²) in [4.78, 5) is 0. The second-order valence-corrected chi connectivity index (χ2v) is 5.22. The average Bonchev–Trinajstić information content (AvgIpc) is 2.77. The van der Waals surface area contributed by atoms with Crippen molar-refractivity contribution in [2.75, 3.05) is 24.7 Å². The smallest absolute Gasteiger partial charge is 0.315 e. The van der Waals surface area contributed by atoms with Gasteiger partial charge in [0, 0.05) is 11.8 Å². The summed E-state index contributed by atoms with van der Waals surface area (Å²) in [6.07, 6.45) is 4.31. The Balaban J connectivity index is 2.21. The Hall–Kier alpha value is -0.750. The Morgan fingerprint density at radius 3 is 2.88 bits per heavy atom. The lowest BCUT2D eigenvalue weighted by atomic mass is 10.3. The first-order valence-corrected chi connectivity index (χ1v) is 7.34. The zero-order valence-corrected chi connectivity index (χ0v) is 11.6. The van der Waals surface area contributed by atoms with Crippen LogP contribution in [0.25, 0.3) is 0 Å². The molecule has 0 bridgehead atoms. The van der Waals surface area contributed by atoms with Crippen LogP contribution in [0.1, 0.15) is 32.6 Å². The molecule has 0 spiro atoms. The van der Waals surface area contributed by atoms with Gasteiger partial charge in [0.1, 0.15) is 0 Å². The number of aromatic nitrogens is 2. The molecule has 1 aromatic heterocycles. The van der Waals surface area contributed by atoms with Crippen LogP contribution in [-0.4, -0.2) is 34.8 Å². The van der Waals surface area contributed by atoms with E-state index >= 15 is 0 Å². The van der Waals surface area contributed by atoms with Crippen LogP contribution in [-0.2, 0) is 6.54 Å². The molecule has 17 heavy (non-hydrogen) atoms.